The van der Waals surface area contributed by atoms with Crippen molar-refractivity contribution in [3.63, 3.8) is 0 Å². The number of hydrogen-bond donors (Lipinski definition) is 1. The Balaban J connectivity index is 1.33. The van der Waals surface area contributed by atoms with Crippen LogP contribution in [0.1, 0.15) is 41.0 Å². The smallest absolute Gasteiger partial charge is 0.305 e. The SMILES string of the molecule is COc1ccc(F)c(-c2ccc(Cc3ccc(N4CC(c5cccc(Cl)c5)CC4CC(=O)O)cc3)c(C)c2)c1. The predicted molar refractivity (Wildman–Crippen MR) is 155 cm³/mol. The van der Waals surface area contributed by atoms with Gasteiger partial charge in [-0.25, -0.2) is 4.39 Å². The number of rotatable bonds is 8. The van der Waals surface area contributed by atoms with Crippen molar-refractivity contribution >= 4 is 23.3 Å². The van der Waals surface area contributed by atoms with Crippen molar-refractivity contribution in [2.45, 2.75) is 38.1 Å². The summed E-state index contributed by atoms with van der Waals surface area (Å²) in [4.78, 5) is 13.8. The lowest BCUT2D eigenvalue weighted by molar-refractivity contribution is -0.137. The highest BCUT2D eigenvalue weighted by atomic mass is 35.5. The third-order valence-corrected chi connectivity index (χ3v) is 7.87. The molecule has 4 aromatic rings. The van der Waals surface area contributed by atoms with Crippen molar-refractivity contribution in [3.05, 3.63) is 118 Å². The van der Waals surface area contributed by atoms with Crippen LogP contribution < -0.4 is 9.64 Å². The first kappa shape index (κ1) is 26.8. The third-order valence-electron chi connectivity index (χ3n) is 7.63. The molecule has 39 heavy (non-hydrogen) atoms. The van der Waals surface area contributed by atoms with Gasteiger partial charge in [-0.05, 0) is 90.0 Å². The number of hydrogen-bond acceptors (Lipinski definition) is 3. The Kier molecular flexibility index (Phi) is 7.89. The molecule has 4 nitrogen and oxygen atoms in total. The van der Waals surface area contributed by atoms with Gasteiger partial charge in [0.15, 0.2) is 0 Å². The third kappa shape index (κ3) is 6.10. The number of halogens is 2. The number of benzene rings is 4. The van der Waals surface area contributed by atoms with Crippen LogP contribution in [-0.4, -0.2) is 30.8 Å². The minimum absolute atomic E-state index is 0.0795. The Hall–Kier alpha value is -3.83. The molecule has 0 aliphatic carbocycles. The van der Waals surface area contributed by atoms with E-state index in [1.54, 1.807) is 19.2 Å². The second kappa shape index (κ2) is 11.5. The highest BCUT2D eigenvalue weighted by Gasteiger charge is 2.34. The van der Waals surface area contributed by atoms with Crippen LogP contribution in [0, 0.1) is 12.7 Å². The fourth-order valence-corrected chi connectivity index (χ4v) is 5.77. The summed E-state index contributed by atoms with van der Waals surface area (Å²) in [5.74, 6) is -0.223. The molecule has 1 aliphatic rings. The van der Waals surface area contributed by atoms with Crippen LogP contribution in [0.15, 0.2) is 84.9 Å². The van der Waals surface area contributed by atoms with Crippen molar-refractivity contribution in [2.75, 3.05) is 18.6 Å². The fraction of sp³-hybridized carbons (Fsp3) is 0.242. The quantitative estimate of drug-likeness (QED) is 0.245. The summed E-state index contributed by atoms with van der Waals surface area (Å²) in [7, 11) is 1.57. The van der Waals surface area contributed by atoms with Crippen molar-refractivity contribution in [1.29, 1.82) is 0 Å². The standard InChI is InChI=1S/C33H31ClFNO3/c1-21-14-25(31-19-30(39-2)12-13-32(31)35)9-8-23(21)15-22-6-10-28(11-7-22)36-20-26(17-29(36)18-33(37)38)24-4-3-5-27(34)16-24/h3-14,16,19,26,29H,15,17-18,20H2,1-2H3,(H,37,38). The second-order valence-corrected chi connectivity index (χ2v) is 10.7. The van der Waals surface area contributed by atoms with Crippen LogP contribution in [0.25, 0.3) is 11.1 Å². The number of carboxylic acids is 1. The molecule has 0 amide bonds. The summed E-state index contributed by atoms with van der Waals surface area (Å²) in [5, 5.41) is 10.2. The summed E-state index contributed by atoms with van der Waals surface area (Å²) < 4.78 is 19.7. The molecule has 5 rings (SSSR count). The minimum Gasteiger partial charge on any atom is -0.497 e. The van der Waals surface area contributed by atoms with Gasteiger partial charge < -0.3 is 14.7 Å². The molecule has 0 aromatic heterocycles. The number of carboxylic acid groups (broad SMARTS) is 1. The Morgan fingerprint density at radius 2 is 1.85 bits per heavy atom. The molecule has 1 heterocycles. The van der Waals surface area contributed by atoms with Gasteiger partial charge >= 0.3 is 5.97 Å². The maximum Gasteiger partial charge on any atom is 0.305 e. The molecule has 0 spiro atoms. The van der Waals surface area contributed by atoms with E-state index >= 15 is 0 Å². The van der Waals surface area contributed by atoms with Gasteiger partial charge in [0.25, 0.3) is 0 Å². The van der Waals surface area contributed by atoms with Gasteiger partial charge in [0, 0.05) is 34.8 Å². The van der Waals surface area contributed by atoms with E-state index in [4.69, 9.17) is 16.3 Å². The van der Waals surface area contributed by atoms with Crippen LogP contribution in [-0.2, 0) is 11.2 Å². The van der Waals surface area contributed by atoms with E-state index in [0.29, 0.717) is 16.3 Å². The molecule has 2 atom stereocenters. The second-order valence-electron chi connectivity index (χ2n) is 10.2. The van der Waals surface area contributed by atoms with Crippen molar-refractivity contribution < 1.29 is 19.0 Å². The predicted octanol–water partition coefficient (Wildman–Crippen LogP) is 7.89. The highest BCUT2D eigenvalue weighted by molar-refractivity contribution is 6.30. The van der Waals surface area contributed by atoms with Crippen LogP contribution in [0.2, 0.25) is 5.02 Å². The number of carbonyl (C=O) groups is 1. The summed E-state index contributed by atoms with van der Waals surface area (Å²) in [6.07, 6.45) is 1.61. The van der Waals surface area contributed by atoms with Gasteiger partial charge in [-0.2, -0.15) is 0 Å². The van der Waals surface area contributed by atoms with Gasteiger partial charge in [0.1, 0.15) is 11.6 Å². The topological polar surface area (TPSA) is 49.8 Å². The van der Waals surface area contributed by atoms with Crippen LogP contribution >= 0.6 is 11.6 Å². The average molecular weight is 544 g/mol. The van der Waals surface area contributed by atoms with Crippen LogP contribution in [0.3, 0.4) is 0 Å². The van der Waals surface area contributed by atoms with Crippen LogP contribution in [0.5, 0.6) is 5.75 Å². The van der Waals surface area contributed by atoms with Gasteiger partial charge in [-0.3, -0.25) is 4.79 Å². The zero-order valence-electron chi connectivity index (χ0n) is 22.0. The molecule has 1 aliphatic heterocycles. The Morgan fingerprint density at radius 3 is 2.54 bits per heavy atom. The van der Waals surface area contributed by atoms with Crippen molar-refractivity contribution in [3.8, 4) is 16.9 Å². The molecule has 4 aromatic carbocycles. The van der Waals surface area contributed by atoms with E-state index in [1.807, 2.05) is 37.3 Å². The monoisotopic (exact) mass is 543 g/mol. The summed E-state index contributed by atoms with van der Waals surface area (Å²) in [5.41, 5.74) is 6.91. The number of nitrogens with zero attached hydrogens (tertiary/aromatic N) is 1. The number of anilines is 1. The number of methoxy groups -OCH3 is 1. The summed E-state index contributed by atoms with van der Waals surface area (Å²) in [6, 6.07) is 26.9. The van der Waals surface area contributed by atoms with Crippen LogP contribution in [0.4, 0.5) is 10.1 Å². The lowest BCUT2D eigenvalue weighted by Gasteiger charge is -2.26. The van der Waals surface area contributed by atoms with E-state index < -0.39 is 5.97 Å². The Morgan fingerprint density at radius 1 is 1.05 bits per heavy atom. The van der Waals surface area contributed by atoms with E-state index in [2.05, 4.69) is 41.3 Å². The molecule has 0 radical (unpaired) electrons. The normalized spacial score (nSPS) is 16.9. The van der Waals surface area contributed by atoms with Crippen molar-refractivity contribution in [1.82, 2.24) is 0 Å². The van der Waals surface area contributed by atoms with E-state index in [1.165, 1.54) is 11.6 Å². The van der Waals surface area contributed by atoms with Gasteiger partial charge in [-0.1, -0.05) is 54.1 Å². The van der Waals surface area contributed by atoms with Gasteiger partial charge in [0.05, 0.1) is 13.5 Å². The molecule has 200 valence electrons. The Labute approximate surface area is 233 Å². The first-order valence-corrected chi connectivity index (χ1v) is 13.4. The molecule has 0 bridgehead atoms. The zero-order valence-corrected chi connectivity index (χ0v) is 22.8. The average Bonchev–Trinajstić information content (AvgIpc) is 3.33. The molecule has 0 saturated carbocycles. The van der Waals surface area contributed by atoms with E-state index in [9.17, 15) is 14.3 Å². The van der Waals surface area contributed by atoms with Gasteiger partial charge in [0.2, 0.25) is 0 Å². The van der Waals surface area contributed by atoms with E-state index in [-0.39, 0.29) is 24.2 Å². The molecule has 1 fully saturated rings. The molecule has 1 N–H and O–H groups in total. The maximum atomic E-state index is 14.5. The summed E-state index contributed by atoms with van der Waals surface area (Å²) in [6.45, 7) is 2.79. The lowest BCUT2D eigenvalue weighted by Crippen LogP contribution is -2.31. The fourth-order valence-electron chi connectivity index (χ4n) is 5.57. The molecule has 6 heteroatoms. The van der Waals surface area contributed by atoms with Gasteiger partial charge in [-0.15, -0.1) is 0 Å². The number of aliphatic carboxylic acids is 1. The maximum absolute atomic E-state index is 14.5. The highest BCUT2D eigenvalue weighted by Crippen LogP contribution is 2.37. The lowest BCUT2D eigenvalue weighted by atomic mass is 9.95. The first-order valence-electron chi connectivity index (χ1n) is 13.1. The largest absolute Gasteiger partial charge is 0.497 e. The molecular formula is C33H31ClFNO3. The Bertz CT molecular complexity index is 1490. The molecule has 2 unspecified atom stereocenters. The number of ether oxygens (including phenoxy) is 1. The minimum atomic E-state index is -0.791. The number of aryl methyl sites for hydroxylation is 1. The van der Waals surface area contributed by atoms with E-state index in [0.717, 1.165) is 47.3 Å². The first-order chi connectivity index (χ1) is 18.8. The van der Waals surface area contributed by atoms with Crippen molar-refractivity contribution in [2.24, 2.45) is 0 Å². The molecular weight excluding hydrogens is 513 g/mol. The summed E-state index contributed by atoms with van der Waals surface area (Å²) >= 11 is 6.22. The zero-order chi connectivity index (χ0) is 27.5. The molecule has 1 saturated heterocycles.